The van der Waals surface area contributed by atoms with Gasteiger partial charge in [0.05, 0.1) is 13.0 Å². The molecule has 1 N–H and O–H groups in total. The van der Waals surface area contributed by atoms with Gasteiger partial charge < -0.3 is 10.1 Å². The molecule has 19 heavy (non-hydrogen) atoms. The number of rotatable bonds is 7. The lowest BCUT2D eigenvalue weighted by atomic mass is 10.1. The van der Waals surface area contributed by atoms with Crippen molar-refractivity contribution < 1.29 is 14.3 Å². The van der Waals surface area contributed by atoms with Crippen LogP contribution in [0.5, 0.6) is 5.75 Å². The SMILES string of the molecule is CCOc1ccc(CCNC(=O)CC(C)=O)cc1C. The third-order valence-corrected chi connectivity index (χ3v) is 2.68. The van der Waals surface area contributed by atoms with Crippen LogP contribution in [-0.2, 0) is 16.0 Å². The van der Waals surface area contributed by atoms with E-state index in [9.17, 15) is 9.59 Å². The van der Waals surface area contributed by atoms with E-state index >= 15 is 0 Å². The van der Waals surface area contributed by atoms with E-state index in [-0.39, 0.29) is 18.1 Å². The van der Waals surface area contributed by atoms with Crippen LogP contribution in [0.3, 0.4) is 0 Å². The summed E-state index contributed by atoms with van der Waals surface area (Å²) >= 11 is 0. The number of Topliss-reactive ketones (excluding diaryl/α,β-unsaturated/α-hetero) is 1. The number of ether oxygens (including phenoxy) is 1. The van der Waals surface area contributed by atoms with E-state index in [4.69, 9.17) is 4.74 Å². The Bertz CT molecular complexity index is 455. The van der Waals surface area contributed by atoms with Crippen LogP contribution in [0.15, 0.2) is 18.2 Å². The number of carbonyl (C=O) groups is 2. The molecular weight excluding hydrogens is 242 g/mol. The van der Waals surface area contributed by atoms with E-state index in [0.29, 0.717) is 13.2 Å². The van der Waals surface area contributed by atoms with Gasteiger partial charge in [-0.2, -0.15) is 0 Å². The van der Waals surface area contributed by atoms with Crippen LogP contribution in [-0.4, -0.2) is 24.8 Å². The number of amides is 1. The van der Waals surface area contributed by atoms with Gasteiger partial charge in [0.1, 0.15) is 11.5 Å². The summed E-state index contributed by atoms with van der Waals surface area (Å²) in [4.78, 5) is 22.1. The third-order valence-electron chi connectivity index (χ3n) is 2.68. The summed E-state index contributed by atoms with van der Waals surface area (Å²) in [6.45, 7) is 6.57. The highest BCUT2D eigenvalue weighted by molar-refractivity contribution is 5.96. The van der Waals surface area contributed by atoms with Crippen molar-refractivity contribution in [1.29, 1.82) is 0 Å². The van der Waals surface area contributed by atoms with E-state index in [0.717, 1.165) is 23.3 Å². The maximum absolute atomic E-state index is 11.3. The quantitative estimate of drug-likeness (QED) is 0.766. The fraction of sp³-hybridized carbons (Fsp3) is 0.467. The number of aryl methyl sites for hydroxylation is 1. The molecular formula is C15H21NO3. The van der Waals surface area contributed by atoms with Gasteiger partial charge in [-0.25, -0.2) is 0 Å². The first-order valence-electron chi connectivity index (χ1n) is 6.51. The smallest absolute Gasteiger partial charge is 0.227 e. The molecule has 0 aliphatic carbocycles. The van der Waals surface area contributed by atoms with E-state index in [1.165, 1.54) is 6.92 Å². The van der Waals surface area contributed by atoms with Gasteiger partial charge in [-0.1, -0.05) is 12.1 Å². The molecule has 1 aromatic rings. The first-order valence-corrected chi connectivity index (χ1v) is 6.51. The monoisotopic (exact) mass is 263 g/mol. The standard InChI is InChI=1S/C15H21NO3/c1-4-19-14-6-5-13(9-11(14)2)7-8-16-15(18)10-12(3)17/h5-6,9H,4,7-8,10H2,1-3H3,(H,16,18). The highest BCUT2D eigenvalue weighted by atomic mass is 16.5. The predicted octanol–water partition coefficient (Wildman–Crippen LogP) is 2.03. The molecule has 0 bridgehead atoms. The highest BCUT2D eigenvalue weighted by Crippen LogP contribution is 2.19. The van der Waals surface area contributed by atoms with E-state index in [1.807, 2.05) is 26.0 Å². The van der Waals surface area contributed by atoms with Crippen LogP contribution >= 0.6 is 0 Å². The van der Waals surface area contributed by atoms with Crippen molar-refractivity contribution in [2.24, 2.45) is 0 Å². The minimum atomic E-state index is -0.213. The van der Waals surface area contributed by atoms with Gasteiger partial charge in [0.15, 0.2) is 0 Å². The molecule has 0 unspecified atom stereocenters. The van der Waals surface area contributed by atoms with Crippen molar-refractivity contribution in [2.45, 2.75) is 33.6 Å². The van der Waals surface area contributed by atoms with E-state index in [2.05, 4.69) is 11.4 Å². The fourth-order valence-electron chi connectivity index (χ4n) is 1.82. The van der Waals surface area contributed by atoms with Crippen molar-refractivity contribution in [3.8, 4) is 5.75 Å². The summed E-state index contributed by atoms with van der Waals surface area (Å²) in [5.41, 5.74) is 2.23. The minimum absolute atomic E-state index is 0.0394. The largest absolute Gasteiger partial charge is 0.494 e. The lowest BCUT2D eigenvalue weighted by Crippen LogP contribution is -2.27. The lowest BCUT2D eigenvalue weighted by molar-refractivity contribution is -0.127. The Labute approximate surface area is 114 Å². The molecule has 104 valence electrons. The van der Waals surface area contributed by atoms with Gasteiger partial charge in [0.2, 0.25) is 5.91 Å². The Hall–Kier alpha value is -1.84. The molecule has 0 heterocycles. The van der Waals surface area contributed by atoms with Crippen LogP contribution in [0, 0.1) is 6.92 Å². The molecule has 0 atom stereocenters. The summed E-state index contributed by atoms with van der Waals surface area (Å²) in [6.07, 6.45) is 0.708. The number of nitrogens with one attached hydrogen (secondary N) is 1. The summed E-state index contributed by atoms with van der Waals surface area (Å²) in [6, 6.07) is 6.00. The number of benzene rings is 1. The van der Waals surface area contributed by atoms with Crippen LogP contribution in [0.25, 0.3) is 0 Å². The molecule has 0 aromatic heterocycles. The zero-order valence-electron chi connectivity index (χ0n) is 11.8. The van der Waals surface area contributed by atoms with Gasteiger partial charge >= 0.3 is 0 Å². The molecule has 0 saturated heterocycles. The van der Waals surface area contributed by atoms with Crippen molar-refractivity contribution in [1.82, 2.24) is 5.32 Å². The normalized spacial score (nSPS) is 10.1. The lowest BCUT2D eigenvalue weighted by Gasteiger charge is -2.09. The summed E-state index contributed by atoms with van der Waals surface area (Å²) in [7, 11) is 0. The van der Waals surface area contributed by atoms with Crippen molar-refractivity contribution >= 4 is 11.7 Å². The van der Waals surface area contributed by atoms with Gasteiger partial charge in [-0.3, -0.25) is 9.59 Å². The fourth-order valence-corrected chi connectivity index (χ4v) is 1.82. The molecule has 0 saturated carbocycles. The first kappa shape index (κ1) is 15.2. The molecule has 0 aliphatic rings. The maximum Gasteiger partial charge on any atom is 0.227 e. The predicted molar refractivity (Wildman–Crippen MR) is 74.4 cm³/mol. The second kappa shape index (κ2) is 7.56. The Morgan fingerprint density at radius 2 is 2.05 bits per heavy atom. The minimum Gasteiger partial charge on any atom is -0.494 e. The van der Waals surface area contributed by atoms with Crippen molar-refractivity contribution in [2.75, 3.05) is 13.2 Å². The molecule has 4 heteroatoms. The molecule has 1 rings (SSSR count). The molecule has 0 radical (unpaired) electrons. The Kier molecular flexibility index (Phi) is 6.06. The molecule has 0 spiro atoms. The van der Waals surface area contributed by atoms with Crippen LogP contribution in [0.4, 0.5) is 0 Å². The number of hydrogen-bond acceptors (Lipinski definition) is 3. The zero-order chi connectivity index (χ0) is 14.3. The third kappa shape index (κ3) is 5.55. The average Bonchev–Trinajstić information content (AvgIpc) is 2.32. The Balaban J connectivity index is 2.43. The molecule has 4 nitrogen and oxygen atoms in total. The number of ketones is 1. The molecule has 0 fully saturated rings. The highest BCUT2D eigenvalue weighted by Gasteiger charge is 2.05. The van der Waals surface area contributed by atoms with Crippen molar-refractivity contribution in [3.05, 3.63) is 29.3 Å². The van der Waals surface area contributed by atoms with Gasteiger partial charge in [0, 0.05) is 6.54 Å². The summed E-state index contributed by atoms with van der Waals surface area (Å²) in [5.74, 6) is 0.566. The average molecular weight is 263 g/mol. The topological polar surface area (TPSA) is 55.4 Å². The van der Waals surface area contributed by atoms with Crippen LogP contribution in [0.1, 0.15) is 31.4 Å². The van der Waals surface area contributed by atoms with Gasteiger partial charge in [-0.15, -0.1) is 0 Å². The van der Waals surface area contributed by atoms with Gasteiger partial charge in [0.25, 0.3) is 0 Å². The van der Waals surface area contributed by atoms with E-state index in [1.54, 1.807) is 0 Å². The Morgan fingerprint density at radius 3 is 2.63 bits per heavy atom. The Morgan fingerprint density at radius 1 is 1.32 bits per heavy atom. The first-order chi connectivity index (χ1) is 9.02. The molecule has 0 aliphatic heterocycles. The second-order valence-electron chi connectivity index (χ2n) is 4.51. The maximum atomic E-state index is 11.3. The molecule has 1 aromatic carbocycles. The summed E-state index contributed by atoms with van der Waals surface area (Å²) < 4.78 is 5.47. The van der Waals surface area contributed by atoms with E-state index < -0.39 is 0 Å². The van der Waals surface area contributed by atoms with Crippen LogP contribution in [0.2, 0.25) is 0 Å². The number of carbonyl (C=O) groups excluding carboxylic acids is 2. The van der Waals surface area contributed by atoms with Crippen molar-refractivity contribution in [3.63, 3.8) is 0 Å². The van der Waals surface area contributed by atoms with Gasteiger partial charge in [-0.05, 0) is 44.4 Å². The number of hydrogen-bond donors (Lipinski definition) is 1. The van der Waals surface area contributed by atoms with Crippen LogP contribution < -0.4 is 10.1 Å². The molecule has 1 amide bonds. The second-order valence-corrected chi connectivity index (χ2v) is 4.51. The zero-order valence-corrected chi connectivity index (χ0v) is 11.8. The summed E-state index contributed by atoms with van der Waals surface area (Å²) in [5, 5.41) is 2.73.